The number of nitrogens with zero attached hydrogens (tertiary/aromatic N) is 1. The Hall–Kier alpha value is -5.83. The lowest BCUT2D eigenvalue weighted by Gasteiger charge is -2.24. The maximum absolute atomic E-state index is 4.91. The van der Waals surface area contributed by atoms with E-state index < -0.39 is 0 Å². The first-order valence-corrected chi connectivity index (χ1v) is 18.1. The molecule has 1 nitrogen and oxygen atoms in total. The quantitative estimate of drug-likeness (QED) is 0.172. The van der Waals surface area contributed by atoms with Crippen molar-refractivity contribution in [2.45, 2.75) is 19.3 Å². The van der Waals surface area contributed by atoms with Gasteiger partial charge in [0.25, 0.3) is 0 Å². The average molecular weight is 656 g/mol. The lowest BCUT2D eigenvalue weighted by molar-refractivity contribution is 0.661. The summed E-state index contributed by atoms with van der Waals surface area (Å²) in [4.78, 5) is 4.91. The molecule has 1 aliphatic carbocycles. The van der Waals surface area contributed by atoms with E-state index in [9.17, 15) is 0 Å². The van der Waals surface area contributed by atoms with Crippen LogP contribution in [-0.2, 0) is 5.41 Å². The third-order valence-electron chi connectivity index (χ3n) is 10.7. The molecule has 0 saturated carbocycles. The van der Waals surface area contributed by atoms with E-state index >= 15 is 0 Å². The summed E-state index contributed by atoms with van der Waals surface area (Å²) < 4.78 is 1.22. The predicted molar refractivity (Wildman–Crippen MR) is 214 cm³/mol. The number of para-hydroxylation sites is 1. The van der Waals surface area contributed by atoms with Gasteiger partial charge >= 0.3 is 0 Å². The van der Waals surface area contributed by atoms with Gasteiger partial charge in [0.05, 0.1) is 10.2 Å². The van der Waals surface area contributed by atoms with Gasteiger partial charge in [0, 0.05) is 11.0 Å². The zero-order chi connectivity index (χ0) is 33.4. The van der Waals surface area contributed by atoms with Crippen molar-refractivity contribution in [2.24, 2.45) is 0 Å². The van der Waals surface area contributed by atoms with Crippen molar-refractivity contribution in [3.63, 3.8) is 0 Å². The fourth-order valence-corrected chi connectivity index (χ4v) is 9.20. The monoisotopic (exact) mass is 655 g/mol. The van der Waals surface area contributed by atoms with E-state index in [0.717, 1.165) is 16.1 Å². The van der Waals surface area contributed by atoms with Crippen LogP contribution in [0.2, 0.25) is 0 Å². The van der Waals surface area contributed by atoms with Crippen LogP contribution in [0.3, 0.4) is 0 Å². The fraction of sp³-hybridized carbons (Fsp3) is 0.0625. The molecule has 8 aromatic carbocycles. The van der Waals surface area contributed by atoms with Crippen molar-refractivity contribution < 1.29 is 0 Å². The summed E-state index contributed by atoms with van der Waals surface area (Å²) in [6.07, 6.45) is 0. The second-order valence-electron chi connectivity index (χ2n) is 13.9. The fourth-order valence-electron chi connectivity index (χ4n) is 8.23. The molecular formula is C48H33NS. The van der Waals surface area contributed by atoms with E-state index in [1.54, 1.807) is 11.3 Å². The van der Waals surface area contributed by atoms with Gasteiger partial charge in [-0.1, -0.05) is 147 Å². The molecule has 10 rings (SSSR count). The third-order valence-corrected chi connectivity index (χ3v) is 11.8. The zero-order valence-electron chi connectivity index (χ0n) is 27.9. The molecule has 0 unspecified atom stereocenters. The highest BCUT2D eigenvalue weighted by molar-refractivity contribution is 7.21. The molecule has 50 heavy (non-hydrogen) atoms. The van der Waals surface area contributed by atoms with E-state index in [1.165, 1.54) is 81.9 Å². The first kappa shape index (κ1) is 29.1. The van der Waals surface area contributed by atoms with Crippen LogP contribution in [0, 0.1) is 0 Å². The number of hydrogen-bond acceptors (Lipinski definition) is 2. The molecule has 2 heteroatoms. The van der Waals surface area contributed by atoms with Gasteiger partial charge in [0.1, 0.15) is 5.01 Å². The molecule has 0 spiro atoms. The summed E-state index contributed by atoms with van der Waals surface area (Å²) in [5.74, 6) is 0. The second-order valence-corrected chi connectivity index (χ2v) is 15.0. The maximum atomic E-state index is 4.91. The summed E-state index contributed by atoms with van der Waals surface area (Å²) in [6.45, 7) is 4.75. The van der Waals surface area contributed by atoms with Crippen LogP contribution in [-0.4, -0.2) is 4.98 Å². The van der Waals surface area contributed by atoms with E-state index in [0.29, 0.717) is 0 Å². The van der Waals surface area contributed by atoms with Crippen LogP contribution in [0.1, 0.15) is 25.0 Å². The van der Waals surface area contributed by atoms with E-state index in [4.69, 9.17) is 4.98 Å². The third kappa shape index (κ3) is 4.42. The Morgan fingerprint density at radius 3 is 1.74 bits per heavy atom. The number of fused-ring (bicyclic) bond motifs is 6. The summed E-state index contributed by atoms with van der Waals surface area (Å²) >= 11 is 1.75. The van der Waals surface area contributed by atoms with Crippen molar-refractivity contribution in [1.82, 2.24) is 4.98 Å². The molecule has 1 aliphatic rings. The van der Waals surface area contributed by atoms with Gasteiger partial charge in [-0.25, -0.2) is 4.98 Å². The van der Waals surface area contributed by atoms with Gasteiger partial charge in [-0.15, -0.1) is 11.3 Å². The number of hydrogen-bond donors (Lipinski definition) is 0. The van der Waals surface area contributed by atoms with Gasteiger partial charge in [-0.05, 0) is 108 Å². The highest BCUT2D eigenvalue weighted by atomic mass is 32.1. The van der Waals surface area contributed by atoms with Crippen LogP contribution in [0.25, 0.3) is 86.8 Å². The largest absolute Gasteiger partial charge is 0.236 e. The Balaban J connectivity index is 1.24. The molecule has 1 aromatic heterocycles. The lowest BCUT2D eigenvalue weighted by atomic mass is 9.79. The van der Waals surface area contributed by atoms with Crippen LogP contribution in [0.15, 0.2) is 164 Å². The molecule has 0 bridgehead atoms. The smallest absolute Gasteiger partial charge is 0.124 e. The molecule has 0 radical (unpaired) electrons. The van der Waals surface area contributed by atoms with Crippen LogP contribution >= 0.6 is 11.3 Å². The number of thiazole rings is 1. The first-order valence-electron chi connectivity index (χ1n) is 17.3. The van der Waals surface area contributed by atoms with Crippen LogP contribution in [0.4, 0.5) is 0 Å². The lowest BCUT2D eigenvalue weighted by Crippen LogP contribution is -2.14. The Kier molecular flexibility index (Phi) is 6.46. The molecule has 0 atom stereocenters. The molecule has 0 aliphatic heterocycles. The molecule has 1 heterocycles. The van der Waals surface area contributed by atoms with Crippen molar-refractivity contribution >= 4 is 43.1 Å². The normalized spacial score (nSPS) is 13.2. The summed E-state index contributed by atoms with van der Waals surface area (Å²) in [5.41, 5.74) is 15.0. The zero-order valence-corrected chi connectivity index (χ0v) is 28.8. The molecule has 0 fully saturated rings. The topological polar surface area (TPSA) is 12.9 Å². The minimum absolute atomic E-state index is 0.0944. The number of rotatable bonds is 4. The van der Waals surface area contributed by atoms with Gasteiger partial charge in [-0.2, -0.15) is 0 Å². The van der Waals surface area contributed by atoms with Crippen LogP contribution in [0.5, 0.6) is 0 Å². The Bertz CT molecular complexity index is 2720. The minimum atomic E-state index is -0.0944. The molecule has 0 N–H and O–H groups in total. The van der Waals surface area contributed by atoms with Gasteiger partial charge in [0.2, 0.25) is 0 Å². The van der Waals surface area contributed by atoms with Crippen molar-refractivity contribution in [3.05, 3.63) is 175 Å². The summed E-state index contributed by atoms with van der Waals surface area (Å²) in [5, 5.41) is 6.18. The Labute approximate surface area is 296 Å². The highest BCUT2D eigenvalue weighted by Crippen LogP contribution is 2.53. The Morgan fingerprint density at radius 1 is 0.420 bits per heavy atom. The molecule has 0 amide bonds. The highest BCUT2D eigenvalue weighted by Gasteiger charge is 2.36. The summed E-state index contributed by atoms with van der Waals surface area (Å²) in [6, 6.07) is 60.2. The average Bonchev–Trinajstić information content (AvgIpc) is 3.70. The van der Waals surface area contributed by atoms with E-state index in [-0.39, 0.29) is 5.41 Å². The standard InChI is InChI=1S/C48H33NS/c1-48(2)41-18-10-9-17-35(41)37-28-39-40(29-42(37)48)46(32-15-7-4-8-16-32)38-27-34(25-26-36(38)45(39)31-13-5-3-6-14-31)30-21-23-33(24-22-30)47-49-43-19-11-12-20-44(43)50-47/h3-29H,1-2H3. The van der Waals surface area contributed by atoms with Crippen molar-refractivity contribution in [3.8, 4) is 55.1 Å². The first-order chi connectivity index (χ1) is 24.5. The molecular weight excluding hydrogens is 623 g/mol. The predicted octanol–water partition coefficient (Wildman–Crippen LogP) is 13.6. The van der Waals surface area contributed by atoms with Gasteiger partial charge < -0.3 is 0 Å². The van der Waals surface area contributed by atoms with Crippen molar-refractivity contribution in [2.75, 3.05) is 0 Å². The van der Waals surface area contributed by atoms with Gasteiger partial charge in [-0.3, -0.25) is 0 Å². The SMILES string of the molecule is CC1(C)c2ccccc2-c2cc3c(-c4ccccc4)c4ccc(-c5ccc(-c6nc7ccccc7s6)cc5)cc4c(-c4ccccc4)c3cc21. The molecule has 9 aromatic rings. The van der Waals surface area contributed by atoms with E-state index in [1.807, 2.05) is 0 Å². The van der Waals surface area contributed by atoms with Crippen molar-refractivity contribution in [1.29, 1.82) is 0 Å². The maximum Gasteiger partial charge on any atom is 0.124 e. The minimum Gasteiger partial charge on any atom is -0.236 e. The van der Waals surface area contributed by atoms with E-state index in [2.05, 4.69) is 178 Å². The Morgan fingerprint density at radius 2 is 1.00 bits per heavy atom. The second kappa shape index (κ2) is 11.1. The number of benzene rings is 8. The molecule has 236 valence electrons. The van der Waals surface area contributed by atoms with Crippen LogP contribution < -0.4 is 0 Å². The molecule has 0 saturated heterocycles. The summed E-state index contributed by atoms with van der Waals surface area (Å²) in [7, 11) is 0. The van der Waals surface area contributed by atoms with Gasteiger partial charge in [0.15, 0.2) is 0 Å². The number of aromatic nitrogens is 1.